The van der Waals surface area contributed by atoms with Gasteiger partial charge in [0, 0.05) is 25.7 Å². The Hall–Kier alpha value is -1.37. The quantitative estimate of drug-likeness (QED) is 0.402. The first kappa shape index (κ1) is 19.0. The van der Waals surface area contributed by atoms with E-state index in [2.05, 4.69) is 34.4 Å². The Kier molecular flexibility index (Phi) is 6.06. The fourth-order valence-electron chi connectivity index (χ4n) is 3.56. The van der Waals surface area contributed by atoms with E-state index in [9.17, 15) is 4.79 Å². The minimum atomic E-state index is -0.227. The van der Waals surface area contributed by atoms with Crippen molar-refractivity contribution >= 4 is 22.7 Å². The molecule has 24 heavy (non-hydrogen) atoms. The standard InChI is InChI=1S/C17H28ClN5O/c1-4-7-23(8-6-20-3)12-16-10-17(16,11-16)15(24)22-14(21-5-2)9-13(18)19/h5,9,19-21H,2,4,6-8,10-12H2,1,3H3,(H,22,24)/b14-9+,19-13?. The van der Waals surface area contributed by atoms with Crippen molar-refractivity contribution in [2.45, 2.75) is 26.2 Å². The summed E-state index contributed by atoms with van der Waals surface area (Å²) in [5.41, 5.74) is -0.0805. The van der Waals surface area contributed by atoms with E-state index >= 15 is 0 Å². The van der Waals surface area contributed by atoms with Crippen LogP contribution in [0.25, 0.3) is 0 Å². The van der Waals surface area contributed by atoms with Crippen molar-refractivity contribution in [3.63, 3.8) is 0 Å². The van der Waals surface area contributed by atoms with Crippen LogP contribution in [0.2, 0.25) is 0 Å². The third kappa shape index (κ3) is 3.99. The molecule has 2 aliphatic carbocycles. The molecular formula is C17H28ClN5O. The molecule has 0 aromatic carbocycles. The lowest BCUT2D eigenvalue weighted by Gasteiger charge is -2.22. The topological polar surface area (TPSA) is 80.2 Å². The first-order chi connectivity index (χ1) is 11.4. The van der Waals surface area contributed by atoms with Gasteiger partial charge in [-0.25, -0.2) is 0 Å². The molecule has 0 radical (unpaired) electrons. The van der Waals surface area contributed by atoms with Crippen molar-refractivity contribution in [1.82, 2.24) is 20.9 Å². The predicted octanol–water partition coefficient (Wildman–Crippen LogP) is 1.60. The second kappa shape index (κ2) is 7.68. The van der Waals surface area contributed by atoms with Crippen LogP contribution >= 0.6 is 11.6 Å². The molecule has 0 aliphatic heterocycles. The number of carbonyl (C=O) groups is 1. The highest BCUT2D eigenvalue weighted by atomic mass is 35.5. The lowest BCUT2D eigenvalue weighted by molar-refractivity contribution is -0.123. The van der Waals surface area contributed by atoms with Crippen molar-refractivity contribution in [3.05, 3.63) is 24.7 Å². The molecule has 0 heterocycles. The second-order valence-corrected chi connectivity index (χ2v) is 7.21. The lowest BCUT2D eigenvalue weighted by Crippen LogP contribution is -2.35. The Labute approximate surface area is 149 Å². The maximum Gasteiger partial charge on any atom is 0.232 e. The molecule has 2 rings (SSSR count). The molecule has 0 spiro atoms. The normalized spacial score (nSPS) is 27.4. The van der Waals surface area contributed by atoms with Gasteiger partial charge < -0.3 is 20.9 Å². The second-order valence-electron chi connectivity index (χ2n) is 6.80. The first-order valence-corrected chi connectivity index (χ1v) is 8.82. The highest BCUT2D eigenvalue weighted by molar-refractivity contribution is 6.67. The first-order valence-electron chi connectivity index (χ1n) is 8.44. The minimum absolute atomic E-state index is 0.0195. The van der Waals surface area contributed by atoms with Crippen molar-refractivity contribution in [1.29, 1.82) is 5.41 Å². The van der Waals surface area contributed by atoms with Gasteiger partial charge in [-0.3, -0.25) is 10.2 Å². The van der Waals surface area contributed by atoms with Gasteiger partial charge in [-0.1, -0.05) is 25.1 Å². The summed E-state index contributed by atoms with van der Waals surface area (Å²) < 4.78 is 0. The Bertz CT molecular complexity index is 539. The van der Waals surface area contributed by atoms with Crippen molar-refractivity contribution in [2.24, 2.45) is 10.8 Å². The van der Waals surface area contributed by atoms with Gasteiger partial charge >= 0.3 is 0 Å². The van der Waals surface area contributed by atoms with Gasteiger partial charge in [-0.15, -0.1) is 0 Å². The Balaban J connectivity index is 1.92. The zero-order valence-corrected chi connectivity index (χ0v) is 15.3. The number of halogens is 1. The van der Waals surface area contributed by atoms with E-state index in [0.717, 1.165) is 45.4 Å². The number of fused-ring (bicyclic) bond motifs is 1. The molecule has 0 saturated heterocycles. The van der Waals surface area contributed by atoms with Crippen LogP contribution in [-0.2, 0) is 4.79 Å². The predicted molar refractivity (Wildman–Crippen MR) is 97.9 cm³/mol. The number of nitrogens with zero attached hydrogens (tertiary/aromatic N) is 1. The number of allylic oxidation sites excluding steroid dienone is 1. The molecule has 0 aromatic heterocycles. The monoisotopic (exact) mass is 353 g/mol. The molecule has 2 saturated carbocycles. The molecule has 1 amide bonds. The van der Waals surface area contributed by atoms with Crippen molar-refractivity contribution in [3.8, 4) is 0 Å². The number of nitrogens with one attached hydrogen (secondary N) is 4. The van der Waals surface area contributed by atoms with E-state index < -0.39 is 0 Å². The van der Waals surface area contributed by atoms with Gasteiger partial charge in [0.2, 0.25) is 5.91 Å². The average Bonchev–Trinajstić information content (AvgIpc) is 3.31. The molecule has 4 N–H and O–H groups in total. The third-order valence-corrected chi connectivity index (χ3v) is 5.11. The van der Waals surface area contributed by atoms with Crippen LogP contribution in [0.5, 0.6) is 0 Å². The van der Waals surface area contributed by atoms with Crippen LogP contribution in [0.4, 0.5) is 0 Å². The maximum atomic E-state index is 12.6. The number of carbonyl (C=O) groups excluding carboxylic acids is 1. The lowest BCUT2D eigenvalue weighted by atomic mass is 10.2. The molecule has 0 unspecified atom stereocenters. The number of hydrogen-bond donors (Lipinski definition) is 4. The fraction of sp³-hybridized carbons (Fsp3) is 0.647. The van der Waals surface area contributed by atoms with Gasteiger partial charge in [-0.2, -0.15) is 0 Å². The van der Waals surface area contributed by atoms with Crippen LogP contribution in [-0.4, -0.2) is 49.2 Å². The van der Waals surface area contributed by atoms with Crippen LogP contribution < -0.4 is 16.0 Å². The summed E-state index contributed by atoms with van der Waals surface area (Å²) >= 11 is 5.58. The zero-order valence-electron chi connectivity index (χ0n) is 14.5. The van der Waals surface area contributed by atoms with Gasteiger partial charge in [0.05, 0.1) is 5.41 Å². The van der Waals surface area contributed by atoms with E-state index in [0.29, 0.717) is 5.82 Å². The fourth-order valence-corrected chi connectivity index (χ4v) is 3.67. The van der Waals surface area contributed by atoms with E-state index in [1.807, 2.05) is 7.05 Å². The summed E-state index contributed by atoms with van der Waals surface area (Å²) in [6.07, 6.45) is 5.85. The summed E-state index contributed by atoms with van der Waals surface area (Å²) in [5, 5.41) is 16.0. The van der Waals surface area contributed by atoms with Gasteiger partial charge in [0.1, 0.15) is 11.0 Å². The third-order valence-electron chi connectivity index (χ3n) is 5.00. The van der Waals surface area contributed by atoms with Crippen LogP contribution in [0, 0.1) is 16.2 Å². The molecule has 134 valence electrons. The van der Waals surface area contributed by atoms with Crippen molar-refractivity contribution in [2.75, 3.05) is 33.2 Å². The van der Waals surface area contributed by atoms with Crippen LogP contribution in [0.1, 0.15) is 26.2 Å². The Morgan fingerprint density at radius 3 is 2.67 bits per heavy atom. The summed E-state index contributed by atoms with van der Waals surface area (Å²) in [6, 6.07) is 0. The summed E-state index contributed by atoms with van der Waals surface area (Å²) in [7, 11) is 1.96. The Morgan fingerprint density at radius 2 is 2.12 bits per heavy atom. The molecule has 0 bridgehead atoms. The van der Waals surface area contributed by atoms with Gasteiger partial charge in [0.15, 0.2) is 0 Å². The summed E-state index contributed by atoms with van der Waals surface area (Å²) in [4.78, 5) is 15.1. The summed E-state index contributed by atoms with van der Waals surface area (Å²) in [6.45, 7) is 9.78. The van der Waals surface area contributed by atoms with Crippen LogP contribution in [0.3, 0.4) is 0 Å². The maximum absolute atomic E-state index is 12.6. The smallest absolute Gasteiger partial charge is 0.232 e. The summed E-state index contributed by atoms with van der Waals surface area (Å²) in [5.74, 6) is 0.420. The number of likely N-dealkylation sites (N-methyl/N-ethyl adjacent to an activating group) is 1. The molecule has 7 heteroatoms. The number of rotatable bonds is 12. The largest absolute Gasteiger partial charge is 0.349 e. The van der Waals surface area contributed by atoms with E-state index in [4.69, 9.17) is 17.0 Å². The minimum Gasteiger partial charge on any atom is -0.349 e. The van der Waals surface area contributed by atoms with Crippen molar-refractivity contribution < 1.29 is 4.79 Å². The molecule has 0 atom stereocenters. The molecule has 0 aromatic rings. The molecule has 2 fully saturated rings. The Morgan fingerprint density at radius 1 is 1.42 bits per heavy atom. The number of amides is 1. The zero-order chi connectivity index (χ0) is 17.8. The van der Waals surface area contributed by atoms with Crippen LogP contribution in [0.15, 0.2) is 24.7 Å². The number of hydrogen-bond acceptors (Lipinski definition) is 5. The highest BCUT2D eigenvalue weighted by Crippen LogP contribution is 2.86. The average molecular weight is 354 g/mol. The molecule has 2 aliphatic rings. The van der Waals surface area contributed by atoms with E-state index in [1.54, 1.807) is 0 Å². The highest BCUT2D eigenvalue weighted by Gasteiger charge is 2.86. The van der Waals surface area contributed by atoms with Gasteiger partial charge in [-0.05, 0) is 44.5 Å². The molecular weight excluding hydrogens is 326 g/mol. The molecule has 6 nitrogen and oxygen atoms in total. The SMILES string of the molecule is C=CN/C(=C\C(=N)Cl)NC(=O)C12CC1(CN(CCC)CCNC)C2. The van der Waals surface area contributed by atoms with E-state index in [1.165, 1.54) is 12.3 Å². The van der Waals surface area contributed by atoms with Gasteiger partial charge in [0.25, 0.3) is 0 Å². The van der Waals surface area contributed by atoms with E-state index in [-0.39, 0.29) is 21.9 Å².